The number of aliphatic hydroxyl groups excluding tert-OH is 1. The second-order valence-electron chi connectivity index (χ2n) is 12.4. The maximum absolute atomic E-state index is 14.0. The van der Waals surface area contributed by atoms with Crippen molar-refractivity contribution in [3.63, 3.8) is 0 Å². The van der Waals surface area contributed by atoms with E-state index in [0.29, 0.717) is 13.0 Å². The molecule has 7 nitrogen and oxygen atoms in total. The summed E-state index contributed by atoms with van der Waals surface area (Å²) in [7, 11) is 0. The number of imide groups is 1. The van der Waals surface area contributed by atoms with Crippen molar-refractivity contribution < 1.29 is 24.5 Å². The van der Waals surface area contributed by atoms with Crippen molar-refractivity contribution in [1.82, 2.24) is 9.80 Å². The number of likely N-dealkylation sites (tertiary alicyclic amines) is 2. The van der Waals surface area contributed by atoms with Crippen LogP contribution in [0.15, 0.2) is 69.7 Å². The number of carbonyl (C=O) groups excluding carboxylic acids is 2. The molecule has 4 atom stereocenters. The van der Waals surface area contributed by atoms with E-state index in [1.165, 1.54) is 11.1 Å². The number of nitrogens with zero attached hydrogens (tertiary/aromatic N) is 2. The van der Waals surface area contributed by atoms with Gasteiger partial charge in [-0.2, -0.15) is 0 Å². The van der Waals surface area contributed by atoms with Gasteiger partial charge in [-0.25, -0.2) is 0 Å². The van der Waals surface area contributed by atoms with Gasteiger partial charge in [-0.3, -0.25) is 19.4 Å². The van der Waals surface area contributed by atoms with Gasteiger partial charge in [0.1, 0.15) is 5.75 Å². The van der Waals surface area contributed by atoms with E-state index in [1.54, 1.807) is 11.0 Å². The fraction of sp³-hybridized carbons (Fsp3) is 0.486. The molecule has 3 heterocycles. The number of ether oxygens (including phenoxy) is 1. The molecule has 228 valence electrons. The molecule has 0 aromatic heterocycles. The molecular weight excluding hydrogens is 608 g/mol. The fourth-order valence-corrected chi connectivity index (χ4v) is 8.09. The first-order valence-corrected chi connectivity index (χ1v) is 16.4. The quantitative estimate of drug-likeness (QED) is 0.268. The molecule has 2 N–H and O–H groups in total. The Kier molecular flexibility index (Phi) is 9.19. The Labute approximate surface area is 262 Å². The van der Waals surface area contributed by atoms with Crippen molar-refractivity contribution in [2.24, 2.45) is 17.8 Å². The first-order valence-electron chi connectivity index (χ1n) is 15.6. The highest BCUT2D eigenvalue weighted by Crippen LogP contribution is 2.50. The maximum atomic E-state index is 14.0. The summed E-state index contributed by atoms with van der Waals surface area (Å²) in [6.45, 7) is 5.00. The lowest BCUT2D eigenvalue weighted by Gasteiger charge is -2.36. The largest absolute Gasteiger partial charge is 0.507 e. The molecule has 2 aromatic rings. The molecule has 0 unspecified atom stereocenters. The van der Waals surface area contributed by atoms with E-state index in [9.17, 15) is 19.8 Å². The minimum Gasteiger partial charge on any atom is -0.507 e. The smallest absolute Gasteiger partial charge is 0.234 e. The number of allylic oxidation sites excluding steroid dienone is 1. The molecule has 6 rings (SSSR count). The number of phenols is 1. The molecule has 4 aliphatic rings. The molecule has 2 amide bonds. The molecule has 0 saturated carbocycles. The first kappa shape index (κ1) is 30.3. The van der Waals surface area contributed by atoms with Crippen molar-refractivity contribution >= 4 is 33.8 Å². The van der Waals surface area contributed by atoms with Crippen LogP contribution in [0.5, 0.6) is 5.75 Å². The summed E-state index contributed by atoms with van der Waals surface area (Å²) in [5, 5.41) is 20.7. The molecule has 0 radical (unpaired) electrons. The molecule has 8 heteroatoms. The number of rotatable bonds is 9. The number of aromatic hydroxyl groups is 1. The van der Waals surface area contributed by atoms with Crippen LogP contribution < -0.4 is 0 Å². The minimum atomic E-state index is -0.404. The summed E-state index contributed by atoms with van der Waals surface area (Å²) in [6.07, 6.45) is 6.21. The van der Waals surface area contributed by atoms with Gasteiger partial charge in [0.2, 0.25) is 11.8 Å². The van der Waals surface area contributed by atoms with Gasteiger partial charge in [0.15, 0.2) is 0 Å². The lowest BCUT2D eigenvalue weighted by Crippen LogP contribution is -2.47. The lowest BCUT2D eigenvalue weighted by molar-refractivity contribution is -0.144. The Bertz CT molecular complexity index is 1410. The van der Waals surface area contributed by atoms with E-state index in [0.717, 1.165) is 72.9 Å². The van der Waals surface area contributed by atoms with E-state index in [4.69, 9.17) is 4.74 Å². The Balaban J connectivity index is 1.13. The van der Waals surface area contributed by atoms with E-state index in [1.807, 2.05) is 24.3 Å². The van der Waals surface area contributed by atoms with Crippen molar-refractivity contribution in [1.29, 1.82) is 0 Å². The average molecular weight is 650 g/mol. The van der Waals surface area contributed by atoms with Gasteiger partial charge in [-0.1, -0.05) is 64.8 Å². The van der Waals surface area contributed by atoms with Crippen LogP contribution in [-0.4, -0.2) is 70.3 Å². The summed E-state index contributed by atoms with van der Waals surface area (Å²) in [5.74, 6) is -0.822. The zero-order valence-corrected chi connectivity index (χ0v) is 26.3. The topological polar surface area (TPSA) is 90.3 Å². The van der Waals surface area contributed by atoms with E-state index < -0.39 is 11.8 Å². The highest BCUT2D eigenvalue weighted by Gasteiger charge is 2.58. The highest BCUT2D eigenvalue weighted by molar-refractivity contribution is 9.10. The Hall–Kier alpha value is -2.78. The predicted octanol–water partition coefficient (Wildman–Crippen LogP) is 5.70. The van der Waals surface area contributed by atoms with Crippen molar-refractivity contribution in [3.05, 3.63) is 80.8 Å². The predicted molar refractivity (Wildman–Crippen MR) is 169 cm³/mol. The Morgan fingerprint density at radius 2 is 1.84 bits per heavy atom. The van der Waals surface area contributed by atoms with Crippen molar-refractivity contribution in [2.45, 2.75) is 64.1 Å². The van der Waals surface area contributed by atoms with Gasteiger partial charge in [0.05, 0.1) is 31.2 Å². The Morgan fingerprint density at radius 3 is 2.56 bits per heavy atom. The molecule has 3 saturated heterocycles. The lowest BCUT2D eigenvalue weighted by atomic mass is 9.69. The third kappa shape index (κ3) is 6.12. The third-order valence-corrected chi connectivity index (χ3v) is 10.4. The SMILES string of the molecule is CC/C(=C\c1cc(Br)ccc1O)CC[C@H]1OC[C@H]2C1=C(CO)C[C@H]1C(=O)N(C3CCN(Cc4ccccc4)CC3)C(=O)[C@H]12. The molecule has 2 aromatic carbocycles. The molecule has 0 spiro atoms. The molecule has 0 bridgehead atoms. The summed E-state index contributed by atoms with van der Waals surface area (Å²) in [5.41, 5.74) is 5.16. The van der Waals surface area contributed by atoms with E-state index in [2.05, 4.69) is 52.0 Å². The minimum absolute atomic E-state index is 0.0421. The van der Waals surface area contributed by atoms with E-state index in [-0.39, 0.29) is 42.2 Å². The number of carbonyl (C=O) groups is 2. The van der Waals surface area contributed by atoms with Crippen molar-refractivity contribution in [2.75, 3.05) is 26.3 Å². The number of aliphatic hydroxyl groups is 1. The van der Waals surface area contributed by atoms with Gasteiger partial charge in [0.25, 0.3) is 0 Å². The zero-order valence-electron chi connectivity index (χ0n) is 24.8. The zero-order chi connectivity index (χ0) is 30.1. The van der Waals surface area contributed by atoms with Gasteiger partial charge in [0, 0.05) is 41.6 Å². The maximum Gasteiger partial charge on any atom is 0.234 e. The first-order chi connectivity index (χ1) is 20.9. The monoisotopic (exact) mass is 648 g/mol. The summed E-state index contributed by atoms with van der Waals surface area (Å²) >= 11 is 3.48. The fourth-order valence-electron chi connectivity index (χ4n) is 7.71. The van der Waals surface area contributed by atoms with Gasteiger partial charge >= 0.3 is 0 Å². The van der Waals surface area contributed by atoms with Crippen LogP contribution in [0.4, 0.5) is 0 Å². The second-order valence-corrected chi connectivity index (χ2v) is 13.3. The summed E-state index contributed by atoms with van der Waals surface area (Å²) < 4.78 is 7.23. The highest BCUT2D eigenvalue weighted by atomic mass is 79.9. The number of fused-ring (bicyclic) bond motifs is 3. The van der Waals surface area contributed by atoms with Crippen LogP contribution in [0.1, 0.15) is 56.6 Å². The molecule has 3 fully saturated rings. The van der Waals surface area contributed by atoms with Crippen LogP contribution in [-0.2, 0) is 20.9 Å². The molecule has 3 aliphatic heterocycles. The van der Waals surface area contributed by atoms with Crippen LogP contribution >= 0.6 is 15.9 Å². The number of halogens is 1. The van der Waals surface area contributed by atoms with Crippen LogP contribution in [0.3, 0.4) is 0 Å². The summed E-state index contributed by atoms with van der Waals surface area (Å²) in [4.78, 5) is 31.7. The van der Waals surface area contributed by atoms with E-state index >= 15 is 0 Å². The van der Waals surface area contributed by atoms with Crippen LogP contribution in [0.2, 0.25) is 0 Å². The standard InChI is InChI=1S/C35H41BrN2O5/c1-2-22(16-24-17-26(36)9-10-30(24)40)8-11-31-32-25(20-39)18-28-33(29(32)21-43-31)35(42)38(34(28)41)27-12-14-37(15-13-27)19-23-6-4-3-5-7-23/h3-7,9-10,16-17,27-29,31,33,39-40H,2,8,11-15,18-21H2,1H3/b22-16+/t28-,29+,31-,33-/m1/s1. The van der Waals surface area contributed by atoms with Crippen LogP contribution in [0.25, 0.3) is 6.08 Å². The molecular formula is C35H41BrN2O5. The molecule has 43 heavy (non-hydrogen) atoms. The second kappa shape index (κ2) is 13.1. The Morgan fingerprint density at radius 1 is 1.07 bits per heavy atom. The van der Waals surface area contributed by atoms with Gasteiger partial charge in [-0.15, -0.1) is 0 Å². The number of hydrogen-bond donors (Lipinski definition) is 2. The van der Waals surface area contributed by atoms with Crippen LogP contribution in [0, 0.1) is 17.8 Å². The van der Waals surface area contributed by atoms with Gasteiger partial charge < -0.3 is 14.9 Å². The van der Waals surface area contributed by atoms with Gasteiger partial charge in [-0.05, 0) is 73.4 Å². The number of phenolic OH excluding ortho intramolecular Hbond substituents is 1. The summed E-state index contributed by atoms with van der Waals surface area (Å²) in [6, 6.07) is 15.7. The number of amides is 2. The van der Waals surface area contributed by atoms with Crippen molar-refractivity contribution in [3.8, 4) is 5.75 Å². The third-order valence-electron chi connectivity index (χ3n) is 9.94. The normalized spacial score (nSPS) is 26.8. The number of benzene rings is 2. The molecule has 1 aliphatic carbocycles. The average Bonchev–Trinajstić information content (AvgIpc) is 3.55. The number of piperidine rings is 1. The number of hydrogen-bond acceptors (Lipinski definition) is 6.